The lowest BCUT2D eigenvalue weighted by molar-refractivity contribution is 0.0218. The van der Waals surface area contributed by atoms with Gasteiger partial charge in [0.2, 0.25) is 5.88 Å². The maximum Gasteiger partial charge on any atom is 0.284 e. The molecule has 1 amide bonds. The fraction of sp³-hybridized carbons (Fsp3) is 0.250. The predicted octanol–water partition coefficient (Wildman–Crippen LogP) is 1.35. The Hall–Kier alpha value is -4.01. The van der Waals surface area contributed by atoms with Crippen molar-refractivity contribution in [1.29, 1.82) is 5.26 Å². The van der Waals surface area contributed by atoms with Crippen LogP contribution >= 0.6 is 0 Å². The van der Waals surface area contributed by atoms with Crippen molar-refractivity contribution in [2.75, 3.05) is 18.9 Å². The summed E-state index contributed by atoms with van der Waals surface area (Å²) in [7, 11) is 0. The highest BCUT2D eigenvalue weighted by Crippen LogP contribution is 2.28. The van der Waals surface area contributed by atoms with Crippen LogP contribution in [-0.2, 0) is 16.2 Å². The topological polar surface area (TPSA) is 161 Å². The van der Waals surface area contributed by atoms with E-state index in [1.165, 1.54) is 6.33 Å². The number of nitrogens with one attached hydrogen (secondary N) is 2. The van der Waals surface area contributed by atoms with E-state index in [2.05, 4.69) is 31.5 Å². The number of aromatic amines is 1. The number of carbonyl (C=O) groups excluding carboxylic acids is 1. The third-order valence-electron chi connectivity index (χ3n) is 4.49. The van der Waals surface area contributed by atoms with Gasteiger partial charge in [-0.25, -0.2) is 15.4 Å². The number of hydrogen-bond acceptors (Lipinski definition) is 9. The van der Waals surface area contributed by atoms with Gasteiger partial charge in [0.05, 0.1) is 43.1 Å². The number of ether oxygens (including phenoxy) is 2. The number of nitrogen functional groups attached to an aromatic ring is 1. The minimum absolute atomic E-state index is 0.0167. The molecule has 0 unspecified atom stereocenters. The van der Waals surface area contributed by atoms with Crippen molar-refractivity contribution in [3.05, 3.63) is 53.6 Å². The number of aromatic nitrogens is 4. The molecule has 1 aromatic carbocycles. The summed E-state index contributed by atoms with van der Waals surface area (Å²) in [5.41, 5.74) is 10.1. The first kappa shape index (κ1) is 20.3. The molecule has 0 saturated carbocycles. The lowest BCUT2D eigenvalue weighted by Gasteiger charge is -2.16. The van der Waals surface area contributed by atoms with E-state index in [1.807, 2.05) is 0 Å². The monoisotopic (exact) mass is 421 g/mol. The quantitative estimate of drug-likeness (QED) is 0.478. The summed E-state index contributed by atoms with van der Waals surface area (Å²) < 4.78 is 11.3. The summed E-state index contributed by atoms with van der Waals surface area (Å²) in [6, 6.07) is 8.81. The molecule has 2 aromatic heterocycles. The smallest absolute Gasteiger partial charge is 0.284 e. The zero-order valence-corrected chi connectivity index (χ0v) is 16.4. The average Bonchev–Trinajstić information content (AvgIpc) is 3.48. The van der Waals surface area contributed by atoms with Crippen LogP contribution in [-0.4, -0.2) is 45.2 Å². The van der Waals surface area contributed by atoms with Crippen LogP contribution in [0.1, 0.15) is 28.0 Å². The number of nitrogens with zero attached hydrogens (tertiary/aromatic N) is 4. The van der Waals surface area contributed by atoms with Crippen LogP contribution in [0.5, 0.6) is 5.88 Å². The first-order chi connectivity index (χ1) is 15.1. The Morgan fingerprint density at radius 2 is 2.32 bits per heavy atom. The number of anilines is 1. The molecule has 0 bridgehead atoms. The van der Waals surface area contributed by atoms with E-state index in [9.17, 15) is 4.79 Å². The second-order valence-corrected chi connectivity index (χ2v) is 6.71. The molecule has 31 heavy (non-hydrogen) atoms. The van der Waals surface area contributed by atoms with E-state index in [4.69, 9.17) is 25.3 Å². The molecule has 0 spiro atoms. The molecule has 0 radical (unpaired) electrons. The van der Waals surface area contributed by atoms with E-state index in [-0.39, 0.29) is 35.8 Å². The highest BCUT2D eigenvalue weighted by Gasteiger charge is 2.26. The molecular weight excluding hydrogens is 402 g/mol. The number of hydroxylamine groups is 1. The normalized spacial score (nSPS) is 15.4. The van der Waals surface area contributed by atoms with Gasteiger partial charge < -0.3 is 20.2 Å². The molecule has 11 heteroatoms. The third kappa shape index (κ3) is 4.77. The molecule has 3 heterocycles. The Labute approximate surface area is 177 Å². The van der Waals surface area contributed by atoms with Crippen LogP contribution < -0.4 is 16.0 Å². The van der Waals surface area contributed by atoms with Crippen molar-refractivity contribution in [3.63, 3.8) is 0 Å². The van der Waals surface area contributed by atoms with Gasteiger partial charge in [-0.2, -0.15) is 10.2 Å². The lowest BCUT2D eigenvalue weighted by atomic mass is 10.1. The van der Waals surface area contributed by atoms with Gasteiger partial charge in [-0.15, -0.1) is 0 Å². The van der Waals surface area contributed by atoms with Crippen molar-refractivity contribution in [3.8, 4) is 23.3 Å². The summed E-state index contributed by atoms with van der Waals surface area (Å²) in [5, 5.41) is 9.15. The molecule has 1 aliphatic rings. The van der Waals surface area contributed by atoms with Crippen LogP contribution in [0.3, 0.4) is 0 Å². The largest absolute Gasteiger partial charge is 0.471 e. The van der Waals surface area contributed by atoms with Gasteiger partial charge >= 0.3 is 0 Å². The molecule has 4 N–H and O–H groups in total. The molecule has 158 valence electrons. The molecule has 1 aliphatic heterocycles. The Kier molecular flexibility index (Phi) is 6.02. The fourth-order valence-electron chi connectivity index (χ4n) is 2.97. The number of carbonyl (C=O) groups is 1. The number of benzene rings is 1. The molecule has 3 aromatic rings. The maximum absolute atomic E-state index is 12.8. The summed E-state index contributed by atoms with van der Waals surface area (Å²) in [4.78, 5) is 33.4. The number of amides is 1. The van der Waals surface area contributed by atoms with E-state index in [0.29, 0.717) is 36.5 Å². The number of imidazole rings is 1. The zero-order chi connectivity index (χ0) is 21.6. The number of rotatable bonds is 7. The fourth-order valence-corrected chi connectivity index (χ4v) is 2.97. The first-order valence-electron chi connectivity index (χ1n) is 9.46. The minimum atomic E-state index is -0.650. The molecule has 0 aliphatic carbocycles. The van der Waals surface area contributed by atoms with Gasteiger partial charge in [0.1, 0.15) is 24.1 Å². The van der Waals surface area contributed by atoms with Gasteiger partial charge in [-0.3, -0.25) is 9.63 Å². The van der Waals surface area contributed by atoms with Gasteiger partial charge in [-0.05, 0) is 12.1 Å². The van der Waals surface area contributed by atoms with E-state index < -0.39 is 5.91 Å². The van der Waals surface area contributed by atoms with Crippen LogP contribution in [0.15, 0.2) is 36.8 Å². The van der Waals surface area contributed by atoms with Gasteiger partial charge in [0.15, 0.2) is 5.82 Å². The molecule has 4 rings (SSSR count). The summed E-state index contributed by atoms with van der Waals surface area (Å²) in [6.45, 7) is 1.01. The third-order valence-corrected chi connectivity index (χ3v) is 4.49. The standard InChI is InChI=1S/C20H19N7O4/c21-7-12-2-1-3-13(6-12)18-25-17(22)16(20(26-18)31-15-4-5-29-10-15)19(28)27-30-9-14-8-23-11-24-14/h1-3,6,8,11,15H,4-5,9-10H2,(H,23,24)(H,27,28)(H2,22,25,26)/t15-/m0/s1. The van der Waals surface area contributed by atoms with Crippen LogP contribution in [0, 0.1) is 11.3 Å². The Morgan fingerprint density at radius 3 is 3.06 bits per heavy atom. The highest BCUT2D eigenvalue weighted by molar-refractivity contribution is 6.00. The van der Waals surface area contributed by atoms with Crippen molar-refractivity contribution in [2.24, 2.45) is 0 Å². The van der Waals surface area contributed by atoms with Crippen molar-refractivity contribution in [1.82, 2.24) is 25.4 Å². The average molecular weight is 421 g/mol. The Bertz CT molecular complexity index is 1110. The predicted molar refractivity (Wildman–Crippen MR) is 107 cm³/mol. The van der Waals surface area contributed by atoms with Gasteiger partial charge in [0.25, 0.3) is 5.91 Å². The van der Waals surface area contributed by atoms with Gasteiger partial charge in [-0.1, -0.05) is 12.1 Å². The second-order valence-electron chi connectivity index (χ2n) is 6.71. The van der Waals surface area contributed by atoms with E-state index >= 15 is 0 Å². The number of H-pyrrole nitrogens is 1. The lowest BCUT2D eigenvalue weighted by Crippen LogP contribution is -2.28. The number of hydrogen-bond donors (Lipinski definition) is 3. The maximum atomic E-state index is 12.8. The van der Waals surface area contributed by atoms with Crippen LogP contribution in [0.25, 0.3) is 11.4 Å². The highest BCUT2D eigenvalue weighted by atomic mass is 16.7. The Balaban J connectivity index is 1.62. The molecule has 1 fully saturated rings. The molecule has 11 nitrogen and oxygen atoms in total. The molecule has 1 saturated heterocycles. The number of nitriles is 1. The van der Waals surface area contributed by atoms with Crippen LogP contribution in [0.4, 0.5) is 5.82 Å². The Morgan fingerprint density at radius 1 is 1.42 bits per heavy atom. The van der Waals surface area contributed by atoms with Gasteiger partial charge in [0, 0.05) is 12.0 Å². The minimum Gasteiger partial charge on any atom is -0.471 e. The van der Waals surface area contributed by atoms with Crippen LogP contribution in [0.2, 0.25) is 0 Å². The number of nitrogens with two attached hydrogens (primary N) is 1. The summed E-state index contributed by atoms with van der Waals surface area (Å²) in [5.74, 6) is -0.478. The van der Waals surface area contributed by atoms with Crippen molar-refractivity contribution >= 4 is 11.7 Å². The molecule has 1 atom stereocenters. The van der Waals surface area contributed by atoms with Crippen molar-refractivity contribution < 1.29 is 19.1 Å². The van der Waals surface area contributed by atoms with E-state index in [1.54, 1.807) is 30.5 Å². The zero-order valence-electron chi connectivity index (χ0n) is 16.4. The van der Waals surface area contributed by atoms with Crippen molar-refractivity contribution in [2.45, 2.75) is 19.1 Å². The summed E-state index contributed by atoms with van der Waals surface area (Å²) in [6.07, 6.45) is 3.45. The SMILES string of the molecule is N#Cc1cccc(-c2nc(N)c(C(=O)NOCc3cnc[nH]3)c(O[C@H]3CCOC3)n2)c1. The second kappa shape index (κ2) is 9.21. The molecular formula is C20H19N7O4. The summed E-state index contributed by atoms with van der Waals surface area (Å²) >= 11 is 0. The first-order valence-corrected chi connectivity index (χ1v) is 9.46. The van der Waals surface area contributed by atoms with E-state index in [0.717, 1.165) is 0 Å².